The van der Waals surface area contributed by atoms with Crippen LogP contribution in [0.15, 0.2) is 48.5 Å². The van der Waals surface area contributed by atoms with E-state index in [-0.39, 0.29) is 29.8 Å². The molecular formula is C25H29FN2O3. The summed E-state index contributed by atoms with van der Waals surface area (Å²) in [5.41, 5.74) is 2.26. The van der Waals surface area contributed by atoms with Crippen LogP contribution >= 0.6 is 0 Å². The zero-order valence-corrected chi connectivity index (χ0v) is 17.9. The highest BCUT2D eigenvalue weighted by Crippen LogP contribution is 2.26. The summed E-state index contributed by atoms with van der Waals surface area (Å²) >= 11 is 0. The number of halogens is 1. The minimum Gasteiger partial charge on any atom is -0.373 e. The van der Waals surface area contributed by atoms with Gasteiger partial charge in [0.05, 0.1) is 12.7 Å². The summed E-state index contributed by atoms with van der Waals surface area (Å²) in [5.74, 6) is -0.465. The molecule has 164 valence electrons. The molecule has 31 heavy (non-hydrogen) atoms. The molecule has 2 aromatic rings. The third-order valence-corrected chi connectivity index (χ3v) is 6.24. The standard InChI is InChI=1S/C25H29FN2O3/c1-18-6-8-19(9-7-18)24(29)27-14-15-31-23(16-27)17-28(22-4-2-3-5-22)25(30)20-10-12-21(26)13-11-20/h6-13,22-23H,2-5,14-17H2,1H3. The van der Waals surface area contributed by atoms with Crippen LogP contribution in [-0.2, 0) is 4.74 Å². The van der Waals surface area contributed by atoms with Crippen molar-refractivity contribution in [3.05, 3.63) is 71.0 Å². The van der Waals surface area contributed by atoms with E-state index in [0.29, 0.717) is 37.4 Å². The zero-order chi connectivity index (χ0) is 21.8. The fourth-order valence-electron chi connectivity index (χ4n) is 4.48. The molecule has 2 aromatic carbocycles. The highest BCUT2D eigenvalue weighted by atomic mass is 19.1. The van der Waals surface area contributed by atoms with Crippen LogP contribution < -0.4 is 0 Å². The molecule has 5 nitrogen and oxygen atoms in total. The number of carbonyl (C=O) groups excluding carboxylic acids is 2. The summed E-state index contributed by atoms with van der Waals surface area (Å²) in [6, 6.07) is 13.4. The monoisotopic (exact) mass is 424 g/mol. The largest absolute Gasteiger partial charge is 0.373 e. The lowest BCUT2D eigenvalue weighted by atomic mass is 10.1. The van der Waals surface area contributed by atoms with E-state index in [1.54, 1.807) is 0 Å². The lowest BCUT2D eigenvalue weighted by molar-refractivity contribution is -0.0370. The molecule has 1 heterocycles. The number of benzene rings is 2. The van der Waals surface area contributed by atoms with E-state index in [4.69, 9.17) is 4.74 Å². The van der Waals surface area contributed by atoms with Crippen molar-refractivity contribution >= 4 is 11.8 Å². The molecule has 0 bridgehead atoms. The van der Waals surface area contributed by atoms with Crippen LogP contribution in [0.1, 0.15) is 52.0 Å². The van der Waals surface area contributed by atoms with Gasteiger partial charge in [-0.05, 0) is 56.2 Å². The summed E-state index contributed by atoms with van der Waals surface area (Å²) < 4.78 is 19.3. The van der Waals surface area contributed by atoms with Gasteiger partial charge >= 0.3 is 0 Å². The van der Waals surface area contributed by atoms with Gasteiger partial charge in [0.15, 0.2) is 0 Å². The average Bonchev–Trinajstić information content (AvgIpc) is 3.32. The Bertz CT molecular complexity index is 907. The van der Waals surface area contributed by atoms with Crippen LogP contribution in [0, 0.1) is 12.7 Å². The fraction of sp³-hybridized carbons (Fsp3) is 0.440. The van der Waals surface area contributed by atoms with E-state index in [2.05, 4.69) is 0 Å². The van der Waals surface area contributed by atoms with Crippen molar-refractivity contribution in [3.63, 3.8) is 0 Å². The maximum Gasteiger partial charge on any atom is 0.254 e. The molecule has 1 unspecified atom stereocenters. The summed E-state index contributed by atoms with van der Waals surface area (Å²) in [5, 5.41) is 0. The lowest BCUT2D eigenvalue weighted by Gasteiger charge is -2.38. The van der Waals surface area contributed by atoms with E-state index in [9.17, 15) is 14.0 Å². The second-order valence-electron chi connectivity index (χ2n) is 8.51. The Morgan fingerprint density at radius 2 is 1.68 bits per heavy atom. The number of ether oxygens (including phenoxy) is 1. The highest BCUT2D eigenvalue weighted by Gasteiger charge is 2.33. The number of rotatable bonds is 5. The number of hydrogen-bond acceptors (Lipinski definition) is 3. The minimum absolute atomic E-state index is 0.00872. The van der Waals surface area contributed by atoms with Crippen molar-refractivity contribution in [3.8, 4) is 0 Å². The molecule has 4 rings (SSSR count). The van der Waals surface area contributed by atoms with Crippen LogP contribution in [0.5, 0.6) is 0 Å². The summed E-state index contributed by atoms with van der Waals surface area (Å²) in [6.45, 7) is 3.87. The van der Waals surface area contributed by atoms with Gasteiger partial charge in [0, 0.05) is 36.8 Å². The van der Waals surface area contributed by atoms with Crippen LogP contribution in [0.2, 0.25) is 0 Å². The topological polar surface area (TPSA) is 49.9 Å². The molecule has 0 radical (unpaired) electrons. The van der Waals surface area contributed by atoms with Crippen LogP contribution in [0.3, 0.4) is 0 Å². The Hall–Kier alpha value is -2.73. The van der Waals surface area contributed by atoms with Gasteiger partial charge < -0.3 is 14.5 Å². The number of amides is 2. The third-order valence-electron chi connectivity index (χ3n) is 6.24. The van der Waals surface area contributed by atoms with Gasteiger partial charge in [-0.25, -0.2) is 4.39 Å². The molecule has 0 spiro atoms. The van der Waals surface area contributed by atoms with E-state index < -0.39 is 0 Å². The SMILES string of the molecule is Cc1ccc(C(=O)N2CCOC(CN(C(=O)c3ccc(F)cc3)C3CCCC3)C2)cc1. The Kier molecular flexibility index (Phi) is 6.66. The van der Waals surface area contributed by atoms with Gasteiger partial charge in [0.2, 0.25) is 0 Å². The predicted molar refractivity (Wildman–Crippen MR) is 117 cm³/mol. The zero-order valence-electron chi connectivity index (χ0n) is 17.9. The number of morpholine rings is 1. The first kappa shape index (κ1) is 21.5. The van der Waals surface area contributed by atoms with Crippen LogP contribution in [0.25, 0.3) is 0 Å². The number of hydrogen-bond donors (Lipinski definition) is 0. The van der Waals surface area contributed by atoms with Gasteiger partial charge in [-0.2, -0.15) is 0 Å². The van der Waals surface area contributed by atoms with Gasteiger partial charge in [-0.1, -0.05) is 30.5 Å². The van der Waals surface area contributed by atoms with Crippen LogP contribution in [0.4, 0.5) is 4.39 Å². The molecular weight excluding hydrogens is 395 g/mol. The number of aryl methyl sites for hydroxylation is 1. The Morgan fingerprint density at radius 3 is 2.35 bits per heavy atom. The smallest absolute Gasteiger partial charge is 0.254 e. The Morgan fingerprint density at radius 1 is 1.03 bits per heavy atom. The van der Waals surface area contributed by atoms with Crippen molar-refractivity contribution < 1.29 is 18.7 Å². The summed E-state index contributed by atoms with van der Waals surface area (Å²) in [7, 11) is 0. The van der Waals surface area contributed by atoms with E-state index in [1.165, 1.54) is 24.3 Å². The molecule has 6 heteroatoms. The molecule has 2 fully saturated rings. The quantitative estimate of drug-likeness (QED) is 0.727. The van der Waals surface area contributed by atoms with Crippen molar-refractivity contribution in [2.75, 3.05) is 26.2 Å². The van der Waals surface area contributed by atoms with E-state index in [1.807, 2.05) is 41.0 Å². The van der Waals surface area contributed by atoms with Gasteiger partial charge in [0.1, 0.15) is 5.82 Å². The predicted octanol–water partition coefficient (Wildman–Crippen LogP) is 4.06. The first-order valence-corrected chi connectivity index (χ1v) is 11.1. The van der Waals surface area contributed by atoms with E-state index in [0.717, 1.165) is 31.2 Å². The van der Waals surface area contributed by atoms with Gasteiger partial charge in [-0.15, -0.1) is 0 Å². The maximum atomic E-state index is 13.3. The van der Waals surface area contributed by atoms with Crippen LogP contribution in [-0.4, -0.2) is 60.0 Å². The lowest BCUT2D eigenvalue weighted by Crippen LogP contribution is -2.52. The second-order valence-corrected chi connectivity index (χ2v) is 8.51. The second kappa shape index (κ2) is 9.60. The molecule has 1 aliphatic heterocycles. The normalized spacial score (nSPS) is 19.4. The minimum atomic E-state index is -0.357. The van der Waals surface area contributed by atoms with Gasteiger partial charge in [-0.3, -0.25) is 9.59 Å². The molecule has 1 saturated heterocycles. The first-order chi connectivity index (χ1) is 15.0. The van der Waals surface area contributed by atoms with Gasteiger partial charge in [0.25, 0.3) is 11.8 Å². The molecule has 1 atom stereocenters. The number of nitrogens with zero attached hydrogens (tertiary/aromatic N) is 2. The van der Waals surface area contributed by atoms with Crippen molar-refractivity contribution in [1.29, 1.82) is 0 Å². The maximum absolute atomic E-state index is 13.3. The summed E-state index contributed by atoms with van der Waals surface area (Å²) in [4.78, 5) is 29.9. The molecule has 1 aliphatic carbocycles. The number of carbonyl (C=O) groups is 2. The van der Waals surface area contributed by atoms with E-state index >= 15 is 0 Å². The van der Waals surface area contributed by atoms with Crippen molar-refractivity contribution in [2.24, 2.45) is 0 Å². The molecule has 0 aromatic heterocycles. The highest BCUT2D eigenvalue weighted by molar-refractivity contribution is 5.95. The third kappa shape index (κ3) is 5.13. The Balaban J connectivity index is 1.47. The molecule has 2 amide bonds. The van der Waals surface area contributed by atoms with Crippen molar-refractivity contribution in [1.82, 2.24) is 9.80 Å². The Labute approximate surface area is 182 Å². The molecule has 1 saturated carbocycles. The first-order valence-electron chi connectivity index (χ1n) is 11.1. The fourth-order valence-corrected chi connectivity index (χ4v) is 4.48. The molecule has 0 N–H and O–H groups in total. The summed E-state index contributed by atoms with van der Waals surface area (Å²) in [6.07, 6.45) is 3.88. The molecule has 2 aliphatic rings. The average molecular weight is 425 g/mol. The van der Waals surface area contributed by atoms with Crippen molar-refractivity contribution in [2.45, 2.75) is 44.8 Å².